The van der Waals surface area contributed by atoms with E-state index in [0.29, 0.717) is 0 Å². The number of para-hydroxylation sites is 1. The predicted octanol–water partition coefficient (Wildman–Crippen LogP) is 2.82. The van der Waals surface area contributed by atoms with Gasteiger partial charge in [-0.3, -0.25) is 9.69 Å². The number of rotatable bonds is 3. The van der Waals surface area contributed by atoms with Gasteiger partial charge in [-0.15, -0.1) is 0 Å². The molecule has 1 saturated heterocycles. The monoisotopic (exact) mass is 322 g/mol. The molecule has 0 radical (unpaired) electrons. The Morgan fingerprint density at radius 3 is 2.62 bits per heavy atom. The van der Waals surface area contributed by atoms with E-state index < -0.39 is 0 Å². The third kappa shape index (κ3) is 2.21. The zero-order chi connectivity index (χ0) is 16.7. The molecule has 1 amide bonds. The fourth-order valence-electron chi connectivity index (χ4n) is 4.12. The molecule has 1 atom stereocenters. The molecular formula is C20H22N2O2. The van der Waals surface area contributed by atoms with E-state index in [0.717, 1.165) is 37.5 Å². The van der Waals surface area contributed by atoms with E-state index in [1.54, 1.807) is 7.11 Å². The molecule has 0 saturated carbocycles. The summed E-state index contributed by atoms with van der Waals surface area (Å²) in [5.74, 6) is 1.11. The van der Waals surface area contributed by atoms with Crippen molar-refractivity contribution in [2.45, 2.75) is 18.4 Å². The average molecular weight is 322 g/mol. The highest BCUT2D eigenvalue weighted by Crippen LogP contribution is 2.46. The third-order valence-electron chi connectivity index (χ3n) is 5.41. The van der Waals surface area contributed by atoms with Crippen molar-refractivity contribution in [3.05, 3.63) is 59.7 Å². The zero-order valence-corrected chi connectivity index (χ0v) is 14.2. The second-order valence-corrected chi connectivity index (χ2v) is 6.77. The van der Waals surface area contributed by atoms with E-state index in [1.807, 2.05) is 42.3 Å². The molecule has 2 aliphatic rings. The number of likely N-dealkylation sites (N-methyl/N-ethyl adjacent to an activating group) is 1. The lowest BCUT2D eigenvalue weighted by molar-refractivity contribution is -0.122. The largest absolute Gasteiger partial charge is 0.497 e. The van der Waals surface area contributed by atoms with Gasteiger partial charge < -0.3 is 9.64 Å². The first-order chi connectivity index (χ1) is 11.6. The van der Waals surface area contributed by atoms with Gasteiger partial charge in [0.25, 0.3) is 0 Å². The summed E-state index contributed by atoms with van der Waals surface area (Å²) in [6.45, 7) is 2.60. The Kier molecular flexibility index (Phi) is 3.57. The number of ether oxygens (including phenoxy) is 1. The molecule has 1 unspecified atom stereocenters. The maximum absolute atomic E-state index is 13.0. The normalized spacial score (nSPS) is 23.1. The van der Waals surface area contributed by atoms with Gasteiger partial charge in [-0.05, 0) is 42.3 Å². The minimum absolute atomic E-state index is 0.237. The van der Waals surface area contributed by atoms with E-state index in [2.05, 4.69) is 23.1 Å². The molecule has 0 N–H and O–H groups in total. The van der Waals surface area contributed by atoms with E-state index in [9.17, 15) is 4.79 Å². The van der Waals surface area contributed by atoms with Crippen LogP contribution < -0.4 is 9.64 Å². The molecule has 2 aliphatic heterocycles. The second-order valence-electron chi connectivity index (χ2n) is 6.77. The van der Waals surface area contributed by atoms with Crippen molar-refractivity contribution in [2.75, 3.05) is 32.1 Å². The number of amides is 1. The Hall–Kier alpha value is -2.33. The summed E-state index contributed by atoms with van der Waals surface area (Å²) in [5.41, 5.74) is 3.14. The Balaban J connectivity index is 1.56. The molecule has 1 spiro atoms. The summed E-state index contributed by atoms with van der Waals surface area (Å²) in [5, 5.41) is 0. The number of fused-ring (bicyclic) bond motifs is 2. The van der Waals surface area contributed by atoms with Gasteiger partial charge >= 0.3 is 0 Å². The van der Waals surface area contributed by atoms with Crippen molar-refractivity contribution in [1.82, 2.24) is 4.90 Å². The summed E-state index contributed by atoms with van der Waals surface area (Å²) in [6.07, 6.45) is 0.892. The average Bonchev–Trinajstić information content (AvgIpc) is 3.13. The topological polar surface area (TPSA) is 32.8 Å². The van der Waals surface area contributed by atoms with Crippen LogP contribution in [0.5, 0.6) is 5.75 Å². The lowest BCUT2D eigenvalue weighted by Crippen LogP contribution is -2.40. The molecular weight excluding hydrogens is 300 g/mol. The smallest absolute Gasteiger partial charge is 0.238 e. The number of carbonyl (C=O) groups is 1. The quantitative estimate of drug-likeness (QED) is 0.871. The summed E-state index contributed by atoms with van der Waals surface area (Å²) >= 11 is 0. The third-order valence-corrected chi connectivity index (χ3v) is 5.41. The lowest BCUT2D eigenvalue weighted by Gasteiger charge is -2.23. The van der Waals surface area contributed by atoms with E-state index >= 15 is 0 Å². The fourth-order valence-corrected chi connectivity index (χ4v) is 4.12. The maximum Gasteiger partial charge on any atom is 0.238 e. The molecule has 0 bridgehead atoms. The number of nitrogens with zero attached hydrogens (tertiary/aromatic N) is 2. The van der Waals surface area contributed by atoms with Crippen molar-refractivity contribution >= 4 is 11.6 Å². The highest BCUT2D eigenvalue weighted by molar-refractivity contribution is 6.08. The van der Waals surface area contributed by atoms with Gasteiger partial charge in [0.05, 0.1) is 12.5 Å². The van der Waals surface area contributed by atoms with Crippen LogP contribution in [0.2, 0.25) is 0 Å². The number of carbonyl (C=O) groups excluding carboxylic acids is 1. The van der Waals surface area contributed by atoms with Gasteiger partial charge in [0.1, 0.15) is 5.75 Å². The van der Waals surface area contributed by atoms with E-state index in [4.69, 9.17) is 4.74 Å². The van der Waals surface area contributed by atoms with Crippen LogP contribution >= 0.6 is 0 Å². The number of benzene rings is 2. The SMILES string of the molecule is COc1ccc(CN2CCC3(C2)C(=O)N(C)c2ccccc23)cc1. The summed E-state index contributed by atoms with van der Waals surface area (Å²) < 4.78 is 5.22. The highest BCUT2D eigenvalue weighted by Gasteiger charge is 2.53. The number of hydrogen-bond donors (Lipinski definition) is 0. The standard InChI is InChI=1S/C20H22N2O2/c1-21-18-6-4-3-5-17(18)20(19(21)23)11-12-22(14-20)13-15-7-9-16(24-2)10-8-15/h3-10H,11-14H2,1-2H3. The minimum Gasteiger partial charge on any atom is -0.497 e. The van der Waals surface area contributed by atoms with Crippen LogP contribution in [0.4, 0.5) is 5.69 Å². The van der Waals surface area contributed by atoms with Crippen LogP contribution in [-0.2, 0) is 16.8 Å². The first kappa shape index (κ1) is 15.2. The van der Waals surface area contributed by atoms with Crippen molar-refractivity contribution < 1.29 is 9.53 Å². The number of methoxy groups -OCH3 is 1. The summed E-state index contributed by atoms with van der Waals surface area (Å²) in [7, 11) is 3.57. The molecule has 2 heterocycles. The minimum atomic E-state index is -0.363. The molecule has 4 rings (SSSR count). The first-order valence-corrected chi connectivity index (χ1v) is 8.37. The lowest BCUT2D eigenvalue weighted by atomic mass is 9.81. The molecule has 2 aromatic carbocycles. The zero-order valence-electron chi connectivity index (χ0n) is 14.2. The molecule has 2 aromatic rings. The molecule has 124 valence electrons. The van der Waals surface area contributed by atoms with Gasteiger partial charge in [-0.1, -0.05) is 30.3 Å². The number of likely N-dealkylation sites (tertiary alicyclic amines) is 1. The van der Waals surface area contributed by atoms with Gasteiger partial charge in [-0.2, -0.15) is 0 Å². The number of hydrogen-bond acceptors (Lipinski definition) is 3. The van der Waals surface area contributed by atoms with Gasteiger partial charge in [-0.25, -0.2) is 0 Å². The highest BCUT2D eigenvalue weighted by atomic mass is 16.5. The van der Waals surface area contributed by atoms with Crippen molar-refractivity contribution in [3.8, 4) is 5.75 Å². The predicted molar refractivity (Wildman–Crippen MR) is 94.4 cm³/mol. The van der Waals surface area contributed by atoms with Crippen LogP contribution in [-0.4, -0.2) is 38.1 Å². The Labute approximate surface area is 142 Å². The van der Waals surface area contributed by atoms with Crippen LogP contribution in [0, 0.1) is 0 Å². The molecule has 0 aliphatic carbocycles. The second kappa shape index (κ2) is 5.64. The maximum atomic E-state index is 13.0. The van der Waals surface area contributed by atoms with Crippen molar-refractivity contribution in [2.24, 2.45) is 0 Å². The Morgan fingerprint density at radius 1 is 1.12 bits per heavy atom. The Morgan fingerprint density at radius 2 is 1.88 bits per heavy atom. The van der Waals surface area contributed by atoms with E-state index in [-0.39, 0.29) is 11.3 Å². The molecule has 1 fully saturated rings. The summed E-state index contributed by atoms with van der Waals surface area (Å²) in [4.78, 5) is 17.2. The van der Waals surface area contributed by atoms with E-state index in [1.165, 1.54) is 11.1 Å². The van der Waals surface area contributed by atoms with Crippen molar-refractivity contribution in [1.29, 1.82) is 0 Å². The number of anilines is 1. The van der Waals surface area contributed by atoms with Crippen LogP contribution in [0.1, 0.15) is 17.5 Å². The Bertz CT molecular complexity index is 771. The molecule has 24 heavy (non-hydrogen) atoms. The molecule has 4 heteroatoms. The van der Waals surface area contributed by atoms with Gasteiger partial charge in [0.15, 0.2) is 0 Å². The molecule has 4 nitrogen and oxygen atoms in total. The molecule has 0 aromatic heterocycles. The summed E-state index contributed by atoms with van der Waals surface area (Å²) in [6, 6.07) is 16.4. The fraction of sp³-hybridized carbons (Fsp3) is 0.350. The van der Waals surface area contributed by atoms with Crippen LogP contribution in [0.3, 0.4) is 0 Å². The van der Waals surface area contributed by atoms with Crippen molar-refractivity contribution in [3.63, 3.8) is 0 Å². The van der Waals surface area contributed by atoms with Crippen LogP contribution in [0.25, 0.3) is 0 Å². The van der Waals surface area contributed by atoms with Crippen LogP contribution in [0.15, 0.2) is 48.5 Å². The first-order valence-electron chi connectivity index (χ1n) is 8.37. The van der Waals surface area contributed by atoms with Gasteiger partial charge in [0, 0.05) is 25.8 Å². The van der Waals surface area contributed by atoms with Gasteiger partial charge in [0.2, 0.25) is 5.91 Å².